The minimum atomic E-state index is -0.940. The van der Waals surface area contributed by atoms with Crippen LogP contribution in [-0.4, -0.2) is 25.4 Å². The van der Waals surface area contributed by atoms with Gasteiger partial charge in [0.2, 0.25) is 0 Å². The van der Waals surface area contributed by atoms with Gasteiger partial charge in [-0.25, -0.2) is 14.3 Å². The van der Waals surface area contributed by atoms with Crippen molar-refractivity contribution in [2.45, 2.75) is 70.9 Å². The molecule has 1 aromatic heterocycles. The van der Waals surface area contributed by atoms with Gasteiger partial charge in [-0.3, -0.25) is 4.57 Å². The highest BCUT2D eigenvalue weighted by molar-refractivity contribution is 5.95. The van der Waals surface area contributed by atoms with Gasteiger partial charge in [0.25, 0.3) is 0 Å². The van der Waals surface area contributed by atoms with E-state index in [-0.39, 0.29) is 23.2 Å². The molecule has 1 aliphatic rings. The molecule has 0 radical (unpaired) electrons. The molecular formula is C26H31N3O3. The molecule has 1 atom stereocenters. The summed E-state index contributed by atoms with van der Waals surface area (Å²) in [4.78, 5) is 24.9. The number of carboxylic acid groups (broad SMARTS) is 1. The molecule has 6 heteroatoms. The molecule has 3 aromatic rings. The fourth-order valence-corrected chi connectivity index (χ4v) is 4.58. The zero-order valence-corrected chi connectivity index (χ0v) is 18.8. The van der Waals surface area contributed by atoms with Gasteiger partial charge in [-0.05, 0) is 42.0 Å². The van der Waals surface area contributed by atoms with Crippen LogP contribution in [-0.2, 0) is 6.54 Å². The fraction of sp³-hybridized carbons (Fsp3) is 0.423. The van der Waals surface area contributed by atoms with Crippen molar-refractivity contribution in [3.63, 3.8) is 0 Å². The monoisotopic (exact) mass is 433 g/mol. The molecule has 2 aromatic carbocycles. The van der Waals surface area contributed by atoms with Crippen molar-refractivity contribution < 1.29 is 9.90 Å². The Balaban J connectivity index is 1.65. The first kappa shape index (κ1) is 22.1. The maximum atomic E-state index is 13.3. The van der Waals surface area contributed by atoms with E-state index in [0.29, 0.717) is 12.1 Å². The maximum Gasteiger partial charge on any atom is 0.346 e. The van der Waals surface area contributed by atoms with E-state index in [2.05, 4.69) is 13.8 Å². The molecule has 0 bridgehead atoms. The Labute approximate surface area is 188 Å². The van der Waals surface area contributed by atoms with Crippen LogP contribution in [0, 0.1) is 0 Å². The minimum absolute atomic E-state index is 0.0208. The van der Waals surface area contributed by atoms with Crippen molar-refractivity contribution in [3.8, 4) is 11.1 Å². The lowest BCUT2D eigenvalue weighted by molar-refractivity contribution is 0.0697. The number of hydrogen-bond acceptors (Lipinski definition) is 3. The summed E-state index contributed by atoms with van der Waals surface area (Å²) in [6.45, 7) is 4.70. The van der Waals surface area contributed by atoms with E-state index in [9.17, 15) is 14.7 Å². The summed E-state index contributed by atoms with van der Waals surface area (Å²) in [6.07, 6.45) is 6.51. The Bertz CT molecular complexity index is 1140. The lowest BCUT2D eigenvalue weighted by Gasteiger charge is -2.20. The number of benzene rings is 2. The second-order valence-corrected chi connectivity index (χ2v) is 8.82. The van der Waals surface area contributed by atoms with Gasteiger partial charge in [0, 0.05) is 5.92 Å². The summed E-state index contributed by atoms with van der Waals surface area (Å²) < 4.78 is 3.56. The third-order valence-electron chi connectivity index (χ3n) is 6.65. The number of aromatic carboxylic acids is 1. The van der Waals surface area contributed by atoms with Gasteiger partial charge < -0.3 is 5.11 Å². The average Bonchev–Trinajstić information content (AvgIpc) is 3.15. The van der Waals surface area contributed by atoms with Gasteiger partial charge >= 0.3 is 11.7 Å². The minimum Gasteiger partial charge on any atom is -0.478 e. The molecule has 0 aliphatic heterocycles. The Morgan fingerprint density at radius 3 is 2.44 bits per heavy atom. The third kappa shape index (κ3) is 4.40. The third-order valence-corrected chi connectivity index (χ3v) is 6.65. The topological polar surface area (TPSA) is 77.1 Å². The molecule has 1 heterocycles. The van der Waals surface area contributed by atoms with Gasteiger partial charge in [-0.2, -0.15) is 5.10 Å². The van der Waals surface area contributed by atoms with E-state index in [4.69, 9.17) is 5.10 Å². The number of nitrogens with zero attached hydrogens (tertiary/aromatic N) is 3. The lowest BCUT2D eigenvalue weighted by Crippen LogP contribution is -2.30. The number of aromatic nitrogens is 3. The van der Waals surface area contributed by atoms with Crippen LogP contribution in [0.3, 0.4) is 0 Å². The molecule has 168 valence electrons. The summed E-state index contributed by atoms with van der Waals surface area (Å²) in [5.41, 5.74) is 2.79. The molecule has 1 fully saturated rings. The lowest BCUT2D eigenvalue weighted by atomic mass is 9.96. The SMILES string of the molecule is CCC(C)c1nn(C2CCCCC2)c(=O)n1Cc1ccc(-c2ccccc2C(=O)O)cc1. The molecule has 4 rings (SSSR count). The smallest absolute Gasteiger partial charge is 0.346 e. The molecule has 1 N–H and O–H groups in total. The van der Waals surface area contributed by atoms with Crippen molar-refractivity contribution in [1.82, 2.24) is 14.3 Å². The zero-order chi connectivity index (χ0) is 22.7. The van der Waals surface area contributed by atoms with Crippen molar-refractivity contribution in [2.24, 2.45) is 0 Å². The highest BCUT2D eigenvalue weighted by atomic mass is 16.4. The Hall–Kier alpha value is -3.15. The number of carbonyl (C=O) groups is 1. The molecular weight excluding hydrogens is 402 g/mol. The predicted octanol–water partition coefficient (Wildman–Crippen LogP) is 5.48. The Kier molecular flexibility index (Phi) is 6.58. The first-order chi connectivity index (χ1) is 15.5. The van der Waals surface area contributed by atoms with Crippen LogP contribution in [0.2, 0.25) is 0 Å². The van der Waals surface area contributed by atoms with Crippen LogP contribution in [0.1, 0.15) is 86.1 Å². The van der Waals surface area contributed by atoms with Gasteiger partial charge in [-0.15, -0.1) is 0 Å². The van der Waals surface area contributed by atoms with E-state index in [1.807, 2.05) is 41.0 Å². The van der Waals surface area contributed by atoms with Gasteiger partial charge in [-0.1, -0.05) is 75.6 Å². The zero-order valence-electron chi connectivity index (χ0n) is 18.8. The van der Waals surface area contributed by atoms with Gasteiger partial charge in [0.15, 0.2) is 0 Å². The second-order valence-electron chi connectivity index (χ2n) is 8.82. The van der Waals surface area contributed by atoms with Crippen molar-refractivity contribution >= 4 is 5.97 Å². The molecule has 1 saturated carbocycles. The van der Waals surface area contributed by atoms with Crippen molar-refractivity contribution in [1.29, 1.82) is 0 Å². The molecule has 1 aliphatic carbocycles. The van der Waals surface area contributed by atoms with Crippen LogP contribution in [0.4, 0.5) is 0 Å². The summed E-state index contributed by atoms with van der Waals surface area (Å²) in [5.74, 6) is 0.113. The normalized spacial score (nSPS) is 15.6. The highest BCUT2D eigenvalue weighted by Gasteiger charge is 2.24. The molecule has 0 amide bonds. The molecule has 6 nitrogen and oxygen atoms in total. The van der Waals surface area contributed by atoms with Crippen LogP contribution in [0.15, 0.2) is 53.3 Å². The molecule has 1 unspecified atom stereocenters. The standard InChI is InChI=1S/C26H31N3O3/c1-3-18(2)24-27-29(21-9-5-4-6-10-21)26(32)28(24)17-19-13-15-20(16-14-19)22-11-7-8-12-23(22)25(30)31/h7-8,11-16,18,21H,3-6,9-10,17H2,1-2H3,(H,30,31). The molecule has 32 heavy (non-hydrogen) atoms. The molecule has 0 saturated heterocycles. The van der Waals surface area contributed by atoms with Crippen LogP contribution >= 0.6 is 0 Å². The van der Waals surface area contributed by atoms with Gasteiger partial charge in [0.1, 0.15) is 5.82 Å². The summed E-state index contributed by atoms with van der Waals surface area (Å²) in [6, 6.07) is 15.0. The number of hydrogen-bond donors (Lipinski definition) is 1. The Morgan fingerprint density at radius 2 is 1.78 bits per heavy atom. The quantitative estimate of drug-likeness (QED) is 0.535. The van der Waals surface area contributed by atoms with Gasteiger partial charge in [0.05, 0.1) is 18.2 Å². The fourth-order valence-electron chi connectivity index (χ4n) is 4.58. The van der Waals surface area contributed by atoms with E-state index in [0.717, 1.165) is 49.1 Å². The Morgan fingerprint density at radius 1 is 1.09 bits per heavy atom. The van der Waals surface area contributed by atoms with E-state index >= 15 is 0 Å². The predicted molar refractivity (Wildman–Crippen MR) is 125 cm³/mol. The van der Waals surface area contributed by atoms with E-state index in [1.165, 1.54) is 6.42 Å². The van der Waals surface area contributed by atoms with E-state index < -0.39 is 5.97 Å². The van der Waals surface area contributed by atoms with Crippen LogP contribution in [0.25, 0.3) is 11.1 Å². The second kappa shape index (κ2) is 9.55. The largest absolute Gasteiger partial charge is 0.478 e. The van der Waals surface area contributed by atoms with Crippen molar-refractivity contribution in [3.05, 3.63) is 76.0 Å². The van der Waals surface area contributed by atoms with Crippen molar-refractivity contribution in [2.75, 3.05) is 0 Å². The number of rotatable bonds is 7. The maximum absolute atomic E-state index is 13.3. The summed E-state index contributed by atoms with van der Waals surface area (Å²) >= 11 is 0. The number of carboxylic acids is 1. The highest BCUT2D eigenvalue weighted by Crippen LogP contribution is 2.28. The van der Waals surface area contributed by atoms with Crippen LogP contribution < -0.4 is 5.69 Å². The van der Waals surface area contributed by atoms with Crippen LogP contribution in [0.5, 0.6) is 0 Å². The average molecular weight is 434 g/mol. The van der Waals surface area contributed by atoms with E-state index in [1.54, 1.807) is 16.8 Å². The summed E-state index contributed by atoms with van der Waals surface area (Å²) in [5, 5.41) is 14.3. The first-order valence-electron chi connectivity index (χ1n) is 11.6. The first-order valence-corrected chi connectivity index (χ1v) is 11.6. The molecule has 0 spiro atoms. The summed E-state index contributed by atoms with van der Waals surface area (Å²) in [7, 11) is 0.